The number of likely N-dealkylation sites (tertiary alicyclic amines) is 2. The topological polar surface area (TPSA) is 66.9 Å². The van der Waals surface area contributed by atoms with Crippen LogP contribution in [-0.4, -0.2) is 60.7 Å². The van der Waals surface area contributed by atoms with E-state index in [-0.39, 0.29) is 24.0 Å². The van der Waals surface area contributed by atoms with Gasteiger partial charge in [0, 0.05) is 43.7 Å². The Balaban J connectivity index is 1.53. The largest absolute Gasteiger partial charge is 0.496 e. The Hall–Kier alpha value is -2.37. The summed E-state index contributed by atoms with van der Waals surface area (Å²) in [5, 5.41) is 0. The molecule has 6 heteroatoms. The fraction of sp³-hybridized carbons (Fsp3) is 0.591. The van der Waals surface area contributed by atoms with Crippen LogP contribution in [0.4, 0.5) is 0 Å². The maximum atomic E-state index is 12.8. The van der Waals surface area contributed by atoms with Crippen molar-refractivity contribution < 1.29 is 19.1 Å². The van der Waals surface area contributed by atoms with E-state index in [1.807, 2.05) is 9.80 Å². The van der Waals surface area contributed by atoms with E-state index in [0.717, 1.165) is 44.3 Å². The van der Waals surface area contributed by atoms with Gasteiger partial charge in [-0.2, -0.15) is 0 Å². The van der Waals surface area contributed by atoms with Crippen molar-refractivity contribution in [3.63, 3.8) is 0 Å². The summed E-state index contributed by atoms with van der Waals surface area (Å²) in [4.78, 5) is 40.6. The highest BCUT2D eigenvalue weighted by Gasteiger charge is 2.27. The van der Waals surface area contributed by atoms with Gasteiger partial charge in [0.1, 0.15) is 5.75 Å². The zero-order valence-corrected chi connectivity index (χ0v) is 16.9. The molecule has 0 aliphatic carbocycles. The van der Waals surface area contributed by atoms with E-state index in [2.05, 4.69) is 0 Å². The van der Waals surface area contributed by atoms with Gasteiger partial charge in [0.15, 0.2) is 5.78 Å². The van der Waals surface area contributed by atoms with Crippen LogP contribution < -0.4 is 4.74 Å². The first-order valence-corrected chi connectivity index (χ1v) is 10.2. The van der Waals surface area contributed by atoms with E-state index in [9.17, 15) is 14.4 Å². The fourth-order valence-corrected chi connectivity index (χ4v) is 4.14. The number of hydrogen-bond donors (Lipinski definition) is 0. The van der Waals surface area contributed by atoms with Gasteiger partial charge in [-0.3, -0.25) is 14.4 Å². The second-order valence-electron chi connectivity index (χ2n) is 7.88. The zero-order valence-electron chi connectivity index (χ0n) is 16.9. The molecule has 1 aromatic rings. The fourth-order valence-electron chi connectivity index (χ4n) is 4.14. The summed E-state index contributed by atoms with van der Waals surface area (Å²) >= 11 is 0. The molecular formula is C22H30N2O4. The average Bonchev–Trinajstić information content (AvgIpc) is 3.23. The van der Waals surface area contributed by atoms with E-state index < -0.39 is 0 Å². The molecule has 2 aliphatic heterocycles. The standard InChI is InChI=1S/C22H30N2O4/c1-16(25)18-5-6-20(28-2)19(14-18)15-22(27)24-11-7-17(8-12-24)13-21(26)23-9-3-4-10-23/h5-6,14,17H,3-4,7-13,15H2,1-2H3. The third kappa shape index (κ3) is 4.91. The third-order valence-electron chi connectivity index (χ3n) is 5.92. The van der Waals surface area contributed by atoms with Gasteiger partial charge in [-0.1, -0.05) is 0 Å². The third-order valence-corrected chi connectivity index (χ3v) is 5.92. The van der Waals surface area contributed by atoms with Crippen molar-refractivity contribution in [3.8, 4) is 5.75 Å². The quantitative estimate of drug-likeness (QED) is 0.705. The first-order valence-electron chi connectivity index (χ1n) is 10.2. The molecule has 28 heavy (non-hydrogen) atoms. The average molecular weight is 386 g/mol. The van der Waals surface area contributed by atoms with Crippen LogP contribution in [0.3, 0.4) is 0 Å². The minimum Gasteiger partial charge on any atom is -0.496 e. The van der Waals surface area contributed by atoms with Crippen LogP contribution in [0.5, 0.6) is 5.75 Å². The molecule has 2 saturated heterocycles. The lowest BCUT2D eigenvalue weighted by atomic mass is 9.92. The summed E-state index contributed by atoms with van der Waals surface area (Å²) in [5.41, 5.74) is 1.33. The van der Waals surface area contributed by atoms with E-state index in [0.29, 0.717) is 36.7 Å². The normalized spacial score (nSPS) is 17.6. The predicted molar refractivity (Wildman–Crippen MR) is 106 cm³/mol. The van der Waals surface area contributed by atoms with Crippen molar-refractivity contribution in [1.82, 2.24) is 9.80 Å². The van der Waals surface area contributed by atoms with Gasteiger partial charge in [-0.05, 0) is 56.7 Å². The van der Waals surface area contributed by atoms with Crippen LogP contribution in [0.15, 0.2) is 18.2 Å². The van der Waals surface area contributed by atoms with Crippen molar-refractivity contribution in [2.45, 2.75) is 45.4 Å². The second-order valence-corrected chi connectivity index (χ2v) is 7.88. The summed E-state index contributed by atoms with van der Waals surface area (Å²) in [6, 6.07) is 5.22. The molecule has 3 rings (SSSR count). The molecule has 2 heterocycles. The molecule has 1 aromatic carbocycles. The molecular weight excluding hydrogens is 356 g/mol. The van der Waals surface area contributed by atoms with Crippen LogP contribution in [0.25, 0.3) is 0 Å². The molecule has 0 atom stereocenters. The van der Waals surface area contributed by atoms with Gasteiger partial charge < -0.3 is 14.5 Å². The Morgan fingerprint density at radius 2 is 1.64 bits per heavy atom. The lowest BCUT2D eigenvalue weighted by molar-refractivity contribution is -0.133. The van der Waals surface area contributed by atoms with E-state index in [4.69, 9.17) is 4.74 Å². The van der Waals surface area contributed by atoms with Crippen LogP contribution in [-0.2, 0) is 16.0 Å². The monoisotopic (exact) mass is 386 g/mol. The molecule has 0 spiro atoms. The molecule has 6 nitrogen and oxygen atoms in total. The molecule has 0 bridgehead atoms. The number of hydrogen-bond acceptors (Lipinski definition) is 4. The summed E-state index contributed by atoms with van der Waals surface area (Å²) in [5.74, 6) is 1.29. The Morgan fingerprint density at radius 1 is 1.00 bits per heavy atom. The predicted octanol–water partition coefficient (Wildman–Crippen LogP) is 2.69. The molecule has 2 aliphatic rings. The highest BCUT2D eigenvalue weighted by atomic mass is 16.5. The van der Waals surface area contributed by atoms with Crippen LogP contribution in [0.2, 0.25) is 0 Å². The number of methoxy groups -OCH3 is 1. The minimum absolute atomic E-state index is 0.0279. The van der Waals surface area contributed by atoms with Gasteiger partial charge in [0.2, 0.25) is 11.8 Å². The van der Waals surface area contributed by atoms with Gasteiger partial charge in [0.05, 0.1) is 13.5 Å². The molecule has 0 aromatic heterocycles. The number of Topliss-reactive ketones (excluding diaryl/α,β-unsaturated/α-hetero) is 1. The summed E-state index contributed by atoms with van der Waals surface area (Å²) in [7, 11) is 1.57. The molecule has 0 radical (unpaired) electrons. The van der Waals surface area contributed by atoms with E-state index in [1.165, 1.54) is 6.92 Å². The Labute approximate surface area is 166 Å². The molecule has 2 fully saturated rings. The summed E-state index contributed by atoms with van der Waals surface area (Å²) in [6.45, 7) is 4.69. The maximum Gasteiger partial charge on any atom is 0.227 e. The van der Waals surface area contributed by atoms with Gasteiger partial charge in [-0.15, -0.1) is 0 Å². The molecule has 0 saturated carbocycles. The summed E-state index contributed by atoms with van der Waals surface area (Å²) in [6.07, 6.45) is 4.81. The lowest BCUT2D eigenvalue weighted by Gasteiger charge is -2.32. The van der Waals surface area contributed by atoms with Crippen molar-refractivity contribution in [2.75, 3.05) is 33.3 Å². The van der Waals surface area contributed by atoms with Gasteiger partial charge >= 0.3 is 0 Å². The smallest absolute Gasteiger partial charge is 0.227 e. The van der Waals surface area contributed by atoms with Gasteiger partial charge in [-0.25, -0.2) is 0 Å². The van der Waals surface area contributed by atoms with Crippen LogP contribution in [0, 0.1) is 5.92 Å². The number of carbonyl (C=O) groups is 3. The molecule has 0 N–H and O–H groups in total. The summed E-state index contributed by atoms with van der Waals surface area (Å²) < 4.78 is 5.35. The van der Waals surface area contributed by atoms with Gasteiger partial charge in [0.25, 0.3) is 0 Å². The van der Waals surface area contributed by atoms with Crippen molar-refractivity contribution >= 4 is 17.6 Å². The zero-order chi connectivity index (χ0) is 20.1. The number of benzene rings is 1. The number of piperidine rings is 1. The lowest BCUT2D eigenvalue weighted by Crippen LogP contribution is -2.40. The minimum atomic E-state index is -0.0279. The van der Waals surface area contributed by atoms with E-state index >= 15 is 0 Å². The molecule has 2 amide bonds. The van der Waals surface area contributed by atoms with Crippen molar-refractivity contribution in [2.24, 2.45) is 5.92 Å². The number of carbonyl (C=O) groups excluding carboxylic acids is 3. The van der Waals surface area contributed by atoms with Crippen molar-refractivity contribution in [3.05, 3.63) is 29.3 Å². The van der Waals surface area contributed by atoms with Crippen LogP contribution in [0.1, 0.15) is 54.9 Å². The number of ketones is 1. The second kappa shape index (κ2) is 9.22. The van der Waals surface area contributed by atoms with E-state index in [1.54, 1.807) is 25.3 Å². The first-order chi connectivity index (χ1) is 13.5. The maximum absolute atomic E-state index is 12.8. The number of nitrogens with zero attached hydrogens (tertiary/aromatic N) is 2. The highest BCUT2D eigenvalue weighted by molar-refractivity contribution is 5.94. The number of ether oxygens (including phenoxy) is 1. The van der Waals surface area contributed by atoms with Crippen LogP contribution >= 0.6 is 0 Å². The Kier molecular flexibility index (Phi) is 6.70. The SMILES string of the molecule is COc1ccc(C(C)=O)cc1CC(=O)N1CCC(CC(=O)N2CCCC2)CC1. The Morgan fingerprint density at radius 3 is 2.25 bits per heavy atom. The number of amides is 2. The first kappa shape index (κ1) is 20.4. The number of rotatable bonds is 6. The molecule has 0 unspecified atom stereocenters. The van der Waals surface area contributed by atoms with Crippen molar-refractivity contribution in [1.29, 1.82) is 0 Å². The Bertz CT molecular complexity index is 732. The highest BCUT2D eigenvalue weighted by Crippen LogP contribution is 2.25. The molecule has 152 valence electrons.